The minimum atomic E-state index is -3.61. The standard InChI is InChI=1S/C37H46N2O4.C31H35NO3.C24H22O3.C14H21NO3S.C7H15NO/c1-26-29(14-8-15-30(26)28-12-4-3-5-13-28)25-43-35-21-36(42-24-27-11-10-19-38(2)22-27)33(31-16-9-17-32(31)35)23-39-20-7-6-18-34(39)37(40)41;1-22-25(12-6-13-26(22)24-10-4-3-5-11-24)21-35-30-17-31(29(19-33)27-14-7-15-28(27)30)34-20-23-9-8-16-32(2)18-23;1-16-18(9-5-10-19(16)17-7-3-2-4-8-17)15-27-24-13-23(26)22(14-25)20-11-6-12-21(20)24;1-12-5-7-14(8-6-12)19(16,17)18-11-13-4-3-9-15(2)10-13;1-8-4-2-3-7(5-8)6-9/h3-5,8,12-15,21,27,34H,6-7,9-11,16-20,22-25H2,1-2H3,(H,40,41);3-6,10-13,17,19,23H,7-9,14-16,18,20-21H2,1-2H3;2-5,7-10,13-14,26H,6,11-12,15H2,1H3;5-8,13H,3-4,9-11H2,1-2H3;7,9H,2-6H2,1H3/t27?,34-;;;;/m0..../s1. The number of carbonyl (C=O) groups excluding carboxylic acids is 2. The topological polar surface area (TPSA) is 218 Å². The second kappa shape index (κ2) is 48.1. The smallest absolute Gasteiger partial charge is 0.320 e. The number of carboxylic acid groups (broad SMARTS) is 1. The normalized spacial score (nSPS) is 19.2. The van der Waals surface area contributed by atoms with Gasteiger partial charge < -0.3 is 58.6 Å². The molecule has 10 aromatic carbocycles. The highest BCUT2D eigenvalue weighted by Gasteiger charge is 2.34. The van der Waals surface area contributed by atoms with Crippen LogP contribution in [0.1, 0.15) is 188 Å². The van der Waals surface area contributed by atoms with Crippen LogP contribution in [-0.2, 0) is 84.0 Å². The van der Waals surface area contributed by atoms with Crippen LogP contribution in [0.3, 0.4) is 0 Å². The van der Waals surface area contributed by atoms with E-state index in [1.807, 2.05) is 43.3 Å². The molecule has 5 saturated heterocycles. The number of aliphatic hydroxyl groups is 1. The monoisotopic (exact) mass is 1820 g/mol. The number of aldehydes is 2. The van der Waals surface area contributed by atoms with Crippen LogP contribution in [-0.4, -0.2) is 186 Å². The lowest BCUT2D eigenvalue weighted by molar-refractivity contribution is -0.144. The van der Waals surface area contributed by atoms with E-state index in [1.165, 1.54) is 129 Å². The third-order valence-electron chi connectivity index (χ3n) is 28.3. The van der Waals surface area contributed by atoms with E-state index in [4.69, 9.17) is 33.0 Å². The largest absolute Gasteiger partial charge is 0.507 e. The number of phenolic OH excluding ortho intramolecular Hbond substituents is 1. The highest BCUT2D eigenvalue weighted by molar-refractivity contribution is 7.86. The Balaban J connectivity index is 0.000000142. The van der Waals surface area contributed by atoms with Crippen LogP contribution in [0.4, 0.5) is 0 Å². The SMILES string of the molecule is CN1CCCC(CO)C1.Cc1c(COc2cc(O)c(C=O)c3c2CCC3)cccc1-c1ccccc1.Cc1c(COc2cc(OCC3CCCN(C)C3)c(C=O)c3c2CCC3)cccc1-c1ccccc1.Cc1c(COc2cc(OCC3CCCN(C)C3)c(CN3CCCC[C@H]3C(=O)O)c3c2CCC3)cccc1-c1ccccc1.Cc1ccc(S(=O)(=O)OCC2CCCN(C)C2)cc1. The molecular weight excluding hydrogens is 1680 g/mol. The number of carbonyl (C=O) groups is 3. The van der Waals surface area contributed by atoms with Crippen molar-refractivity contribution in [3.8, 4) is 67.9 Å². The van der Waals surface area contributed by atoms with Crippen molar-refractivity contribution >= 4 is 28.7 Å². The second-order valence-corrected chi connectivity index (χ2v) is 39.7. The molecule has 0 saturated carbocycles. The molecule has 133 heavy (non-hydrogen) atoms. The van der Waals surface area contributed by atoms with E-state index in [0.717, 1.165) is 199 Å². The summed E-state index contributed by atoms with van der Waals surface area (Å²) in [5.41, 5.74) is 24.6. The van der Waals surface area contributed by atoms with Gasteiger partial charge in [-0.05, 0) is 335 Å². The zero-order chi connectivity index (χ0) is 93.3. The quantitative estimate of drug-likeness (QED) is 0.0307. The first-order valence-corrected chi connectivity index (χ1v) is 50.0. The van der Waals surface area contributed by atoms with E-state index in [1.54, 1.807) is 30.3 Å². The number of carboxylic acids is 1. The van der Waals surface area contributed by atoms with E-state index >= 15 is 0 Å². The van der Waals surface area contributed by atoms with Crippen LogP contribution >= 0.6 is 0 Å². The highest BCUT2D eigenvalue weighted by Crippen LogP contribution is 2.45. The lowest BCUT2D eigenvalue weighted by atomic mass is 9.96. The minimum absolute atomic E-state index is 0.00964. The van der Waals surface area contributed by atoms with Crippen LogP contribution in [0.25, 0.3) is 33.4 Å². The average Bonchev–Trinajstić information content (AvgIpc) is 1.69. The molecule has 5 aliphatic heterocycles. The highest BCUT2D eigenvalue weighted by atomic mass is 32.2. The Hall–Kier alpha value is -10.5. The van der Waals surface area contributed by atoms with Gasteiger partial charge in [-0.25, -0.2) is 0 Å². The summed E-state index contributed by atoms with van der Waals surface area (Å²) < 4.78 is 61.5. The maximum atomic E-state index is 12.2. The Bertz CT molecular complexity index is 5640. The van der Waals surface area contributed by atoms with E-state index in [0.29, 0.717) is 93.3 Å². The van der Waals surface area contributed by atoms with E-state index < -0.39 is 22.1 Å². The third kappa shape index (κ3) is 26.2. The van der Waals surface area contributed by atoms with Gasteiger partial charge in [-0.3, -0.25) is 23.5 Å². The molecule has 0 radical (unpaired) electrons. The molecule has 0 amide bonds. The summed E-state index contributed by atoms with van der Waals surface area (Å²) in [4.78, 5) is 47.2. The molecule has 3 N–H and O–H groups in total. The Morgan fingerprint density at radius 1 is 0.398 bits per heavy atom. The number of hydrogen-bond donors (Lipinski definition) is 3. The van der Waals surface area contributed by atoms with Crippen molar-refractivity contribution in [3.63, 3.8) is 0 Å². The molecule has 0 spiro atoms. The summed E-state index contributed by atoms with van der Waals surface area (Å²) in [6.07, 6.45) is 22.4. The maximum Gasteiger partial charge on any atom is 0.320 e. The molecule has 0 aromatic heterocycles. The van der Waals surface area contributed by atoms with Crippen LogP contribution in [0.5, 0.6) is 34.5 Å². The summed E-state index contributed by atoms with van der Waals surface area (Å²) in [5.74, 6) is 5.18. The lowest BCUT2D eigenvalue weighted by Gasteiger charge is -2.34. The van der Waals surface area contributed by atoms with Crippen molar-refractivity contribution in [2.24, 2.45) is 23.7 Å². The van der Waals surface area contributed by atoms with Gasteiger partial charge in [0.05, 0.1) is 35.8 Å². The number of hydrogen-bond acceptors (Lipinski definition) is 18. The molecule has 18 rings (SSSR count). The Morgan fingerprint density at radius 2 is 0.789 bits per heavy atom. The first-order chi connectivity index (χ1) is 64.6. The van der Waals surface area contributed by atoms with E-state index in [2.05, 4.69) is 195 Å². The lowest BCUT2D eigenvalue weighted by Crippen LogP contribution is -2.44. The number of ether oxygens (including phenoxy) is 5. The fourth-order valence-corrected chi connectivity index (χ4v) is 21.8. The average molecular weight is 1820 g/mol. The summed E-state index contributed by atoms with van der Waals surface area (Å²) in [6.45, 7) is 21.9. The molecule has 0 bridgehead atoms. The molecule has 5 fully saturated rings. The maximum absolute atomic E-state index is 12.2. The third-order valence-corrected chi connectivity index (χ3v) is 29.6. The van der Waals surface area contributed by atoms with Gasteiger partial charge in [0.2, 0.25) is 0 Å². The number of phenols is 1. The summed E-state index contributed by atoms with van der Waals surface area (Å²) in [7, 11) is 4.91. The fraction of sp³-hybridized carbons (Fsp3) is 0.442. The molecule has 20 heteroatoms. The van der Waals surface area contributed by atoms with Crippen molar-refractivity contribution < 1.29 is 66.0 Å². The van der Waals surface area contributed by atoms with Crippen LogP contribution < -0.4 is 23.7 Å². The van der Waals surface area contributed by atoms with E-state index in [-0.39, 0.29) is 17.3 Å². The van der Waals surface area contributed by atoms with Gasteiger partial charge in [-0.15, -0.1) is 0 Å². The molecule has 8 aliphatic rings. The molecule has 706 valence electrons. The van der Waals surface area contributed by atoms with Gasteiger partial charge in [0.15, 0.2) is 12.6 Å². The van der Waals surface area contributed by atoms with Gasteiger partial charge >= 0.3 is 5.97 Å². The van der Waals surface area contributed by atoms with Crippen molar-refractivity contribution in [3.05, 3.63) is 277 Å². The van der Waals surface area contributed by atoms with Gasteiger partial charge in [0.25, 0.3) is 10.1 Å². The van der Waals surface area contributed by atoms with Crippen LogP contribution in [0.2, 0.25) is 0 Å². The van der Waals surface area contributed by atoms with Gasteiger partial charge in [0.1, 0.15) is 60.4 Å². The van der Waals surface area contributed by atoms with Crippen molar-refractivity contribution in [1.82, 2.24) is 24.5 Å². The Kier molecular flexibility index (Phi) is 35.6. The van der Waals surface area contributed by atoms with Gasteiger partial charge in [-0.1, -0.05) is 170 Å². The number of likely N-dealkylation sites (tertiary alicyclic amines) is 5. The molecule has 5 atom stereocenters. The number of aliphatic hydroxyl groups excluding tert-OH is 1. The number of fused-ring (bicyclic) bond motifs is 3. The Labute approximate surface area is 789 Å². The minimum Gasteiger partial charge on any atom is -0.507 e. The molecule has 10 aromatic rings. The Morgan fingerprint density at radius 3 is 1.22 bits per heavy atom. The fourth-order valence-electron chi connectivity index (χ4n) is 20.8. The summed E-state index contributed by atoms with van der Waals surface area (Å²) >= 11 is 0. The predicted molar refractivity (Wildman–Crippen MR) is 530 cm³/mol. The predicted octanol–water partition coefficient (Wildman–Crippen LogP) is 20.8. The van der Waals surface area contributed by atoms with E-state index in [9.17, 15) is 33.0 Å². The number of aromatic hydroxyl groups is 1. The molecule has 5 heterocycles. The number of aliphatic carboxylic acids is 1. The number of benzene rings is 10. The zero-order valence-corrected chi connectivity index (χ0v) is 80.4. The summed E-state index contributed by atoms with van der Waals surface area (Å²) in [6, 6.07) is 62.4. The number of rotatable bonds is 28. The number of piperidine rings is 5. The molecule has 4 unspecified atom stereocenters. The first-order valence-electron chi connectivity index (χ1n) is 48.6. The van der Waals surface area contributed by atoms with Crippen molar-refractivity contribution in [2.75, 3.05) is 114 Å². The van der Waals surface area contributed by atoms with Crippen molar-refractivity contribution in [2.45, 2.75) is 193 Å². The van der Waals surface area contributed by atoms with Crippen LogP contribution in [0, 0.1) is 51.4 Å². The van der Waals surface area contributed by atoms with Crippen molar-refractivity contribution in [1.29, 1.82) is 0 Å². The molecule has 19 nitrogen and oxygen atoms in total. The number of aryl methyl sites for hydroxylation is 1. The molecule has 3 aliphatic carbocycles. The van der Waals surface area contributed by atoms with Crippen LogP contribution in [0.15, 0.2) is 193 Å². The summed E-state index contributed by atoms with van der Waals surface area (Å²) in [5, 5.41) is 29.0. The zero-order valence-electron chi connectivity index (χ0n) is 79.6. The van der Waals surface area contributed by atoms with Gasteiger partial charge in [0, 0.05) is 74.9 Å². The van der Waals surface area contributed by atoms with Gasteiger partial charge in [-0.2, -0.15) is 8.42 Å². The molecular formula is C113H139N5O14S. The number of nitrogens with zero attached hydrogens (tertiary/aromatic N) is 5. The first kappa shape index (κ1) is 98.5. The second-order valence-electron chi connectivity index (χ2n) is 38.1.